The molecule has 7 nitrogen and oxygen atoms in total. The lowest BCUT2D eigenvalue weighted by atomic mass is 9.95. The van der Waals surface area contributed by atoms with Crippen molar-refractivity contribution < 1.29 is 24.2 Å². The highest BCUT2D eigenvalue weighted by Crippen LogP contribution is 2.37. The van der Waals surface area contributed by atoms with Gasteiger partial charge < -0.3 is 19.1 Å². The van der Waals surface area contributed by atoms with Gasteiger partial charge in [0.05, 0.1) is 29.3 Å². The van der Waals surface area contributed by atoms with Crippen molar-refractivity contribution in [1.82, 2.24) is 9.55 Å². The topological polar surface area (TPSA) is 90.7 Å². The summed E-state index contributed by atoms with van der Waals surface area (Å²) in [6, 6.07) is 26.2. The third-order valence-corrected chi connectivity index (χ3v) is 8.32. The second kappa shape index (κ2) is 13.5. The highest BCUT2D eigenvalue weighted by Gasteiger charge is 2.23. The van der Waals surface area contributed by atoms with Gasteiger partial charge >= 0.3 is 11.9 Å². The summed E-state index contributed by atoms with van der Waals surface area (Å²) in [4.78, 5) is 28.8. The van der Waals surface area contributed by atoms with Gasteiger partial charge in [0.15, 0.2) is 0 Å². The Labute approximate surface area is 266 Å². The Bertz CT molecular complexity index is 1790. The molecule has 0 unspecified atom stereocenters. The van der Waals surface area contributed by atoms with Crippen molar-refractivity contribution in [3.05, 3.63) is 107 Å². The van der Waals surface area contributed by atoms with E-state index in [-0.39, 0.29) is 30.5 Å². The number of carboxylic acids is 1. The number of aromatic carboxylic acids is 1. The average molecular weight is 632 g/mol. The number of fused-ring (bicyclic) bond motifs is 1. The largest absolute Gasteiger partial charge is 0.489 e. The zero-order valence-corrected chi connectivity index (χ0v) is 25.7. The summed E-state index contributed by atoms with van der Waals surface area (Å²) in [7, 11) is 1.38. The number of carboxylic acid groups (broad SMARTS) is 1. The number of carbonyl (C=O) groups is 2. The number of carbonyl (C=O) groups excluding carboxylic acids is 1. The molecule has 4 aromatic carbocycles. The number of halogens is 2. The fourth-order valence-electron chi connectivity index (χ4n) is 5.87. The molecule has 1 N–H and O–H groups in total. The molecule has 0 spiro atoms. The summed E-state index contributed by atoms with van der Waals surface area (Å²) < 4.78 is 13.4. The van der Waals surface area contributed by atoms with Gasteiger partial charge in [-0.05, 0) is 96.3 Å². The fourth-order valence-corrected chi connectivity index (χ4v) is 6.00. The number of benzene rings is 4. The van der Waals surface area contributed by atoms with Crippen LogP contribution in [-0.4, -0.2) is 33.7 Å². The highest BCUT2D eigenvalue weighted by molar-refractivity contribution is 6.30. The van der Waals surface area contributed by atoms with Crippen LogP contribution in [0.25, 0.3) is 33.5 Å². The van der Waals surface area contributed by atoms with E-state index >= 15 is 0 Å². The summed E-state index contributed by atoms with van der Waals surface area (Å²) in [5.41, 5.74) is 5.94. The van der Waals surface area contributed by atoms with Crippen molar-refractivity contribution in [1.29, 1.82) is 0 Å². The maximum absolute atomic E-state index is 12.2. The van der Waals surface area contributed by atoms with Crippen LogP contribution in [0.4, 0.5) is 0 Å². The second-order valence-corrected chi connectivity index (χ2v) is 11.2. The minimum absolute atomic E-state index is 0. The van der Waals surface area contributed by atoms with Crippen molar-refractivity contribution in [2.24, 2.45) is 0 Å². The first-order chi connectivity index (χ1) is 20.9. The molecular formula is C35H32Cl2N2O5. The molecule has 0 bridgehead atoms. The molecule has 1 aliphatic carbocycles. The summed E-state index contributed by atoms with van der Waals surface area (Å²) in [6.45, 7) is 0.190. The van der Waals surface area contributed by atoms with Gasteiger partial charge in [0.25, 0.3) is 0 Å². The van der Waals surface area contributed by atoms with Gasteiger partial charge in [-0.25, -0.2) is 14.6 Å². The van der Waals surface area contributed by atoms with Crippen molar-refractivity contribution in [3.63, 3.8) is 0 Å². The predicted octanol–water partition coefficient (Wildman–Crippen LogP) is 9.01. The van der Waals surface area contributed by atoms with E-state index in [2.05, 4.69) is 4.57 Å². The maximum atomic E-state index is 12.2. The van der Waals surface area contributed by atoms with Crippen LogP contribution < -0.4 is 4.74 Å². The van der Waals surface area contributed by atoms with Crippen molar-refractivity contribution in [2.75, 3.05) is 7.11 Å². The molecule has 9 heteroatoms. The molecule has 5 aromatic rings. The number of rotatable bonds is 8. The standard InChI is InChI=1S/C35H31ClN2O5.ClH/c1-42-35(41)25-12-18-32-31(20-25)37-33(38(32)28-5-3-2-4-6-28)23-9-15-29(16-10-23)43-21-26-19-24(34(39)40)11-17-30(26)22-7-13-27(36)14-8-22;/h7-20,28H,2-6,21H2,1H3,(H,39,40);1H. The van der Waals surface area contributed by atoms with E-state index in [1.807, 2.05) is 54.6 Å². The second-order valence-electron chi connectivity index (χ2n) is 10.8. The number of imidazole rings is 1. The molecule has 1 aromatic heterocycles. The van der Waals surface area contributed by atoms with E-state index in [9.17, 15) is 14.7 Å². The first-order valence-corrected chi connectivity index (χ1v) is 14.7. The monoisotopic (exact) mass is 630 g/mol. The van der Waals surface area contributed by atoms with Crippen LogP contribution in [-0.2, 0) is 11.3 Å². The van der Waals surface area contributed by atoms with Crippen LogP contribution in [0.2, 0.25) is 5.02 Å². The first-order valence-electron chi connectivity index (χ1n) is 14.4. The van der Waals surface area contributed by atoms with Crippen LogP contribution in [0.1, 0.15) is 64.4 Å². The van der Waals surface area contributed by atoms with Crippen LogP contribution in [0.3, 0.4) is 0 Å². The average Bonchev–Trinajstić information content (AvgIpc) is 3.43. The van der Waals surface area contributed by atoms with Gasteiger partial charge in [-0.15, -0.1) is 12.4 Å². The zero-order valence-electron chi connectivity index (χ0n) is 24.2. The van der Waals surface area contributed by atoms with Gasteiger partial charge in [0, 0.05) is 16.6 Å². The lowest BCUT2D eigenvalue weighted by Crippen LogP contribution is -2.14. The SMILES string of the molecule is COC(=O)c1ccc2c(c1)nc(-c1ccc(OCc3cc(C(=O)O)ccc3-c3ccc(Cl)cc3)cc1)n2C1CCCCC1.Cl. The quantitative estimate of drug-likeness (QED) is 0.172. The lowest BCUT2D eigenvalue weighted by Gasteiger charge is -2.25. The third kappa shape index (κ3) is 6.44. The van der Waals surface area contributed by atoms with Gasteiger partial charge in [-0.1, -0.05) is 49.1 Å². The minimum Gasteiger partial charge on any atom is -0.489 e. The molecule has 0 atom stereocenters. The number of esters is 1. The van der Waals surface area contributed by atoms with Crippen molar-refractivity contribution in [2.45, 2.75) is 44.8 Å². The Morgan fingerprint density at radius 1 is 0.886 bits per heavy atom. The molecule has 44 heavy (non-hydrogen) atoms. The number of ether oxygens (including phenoxy) is 2. The molecule has 0 radical (unpaired) electrons. The molecule has 1 heterocycles. The summed E-state index contributed by atoms with van der Waals surface area (Å²) in [5, 5.41) is 10.2. The van der Waals surface area contributed by atoms with Crippen molar-refractivity contribution >= 4 is 47.0 Å². The van der Waals surface area contributed by atoms with Gasteiger partial charge in [-0.3, -0.25) is 0 Å². The van der Waals surface area contributed by atoms with Crippen LogP contribution in [0.15, 0.2) is 84.9 Å². The smallest absolute Gasteiger partial charge is 0.337 e. The van der Waals surface area contributed by atoms with Gasteiger partial charge in [0.1, 0.15) is 18.2 Å². The van der Waals surface area contributed by atoms with Crippen LogP contribution >= 0.6 is 24.0 Å². The summed E-state index contributed by atoms with van der Waals surface area (Å²) in [5.74, 6) is 0.132. The number of hydrogen-bond acceptors (Lipinski definition) is 5. The molecule has 1 fully saturated rings. The van der Waals surface area contributed by atoms with E-state index in [0.717, 1.165) is 52.0 Å². The van der Waals surface area contributed by atoms with Gasteiger partial charge in [-0.2, -0.15) is 0 Å². The van der Waals surface area contributed by atoms with E-state index in [1.165, 1.54) is 26.4 Å². The Kier molecular flexibility index (Phi) is 9.57. The Hall–Kier alpha value is -4.33. The molecule has 0 saturated heterocycles. The van der Waals surface area contributed by atoms with E-state index < -0.39 is 5.97 Å². The summed E-state index contributed by atoms with van der Waals surface area (Å²) in [6.07, 6.45) is 5.77. The van der Waals surface area contributed by atoms with E-state index in [0.29, 0.717) is 22.4 Å². The number of hydrogen-bond donors (Lipinski definition) is 1. The molecule has 0 aliphatic heterocycles. The number of nitrogens with zero attached hydrogens (tertiary/aromatic N) is 2. The Morgan fingerprint density at radius 2 is 1.57 bits per heavy atom. The van der Waals surface area contributed by atoms with E-state index in [4.69, 9.17) is 26.1 Å². The molecule has 0 amide bonds. The number of aromatic nitrogens is 2. The van der Waals surface area contributed by atoms with E-state index in [1.54, 1.807) is 30.3 Å². The molecule has 226 valence electrons. The first kappa shape index (κ1) is 31.1. The lowest BCUT2D eigenvalue weighted by molar-refractivity contribution is 0.0600. The van der Waals surface area contributed by atoms with Crippen molar-refractivity contribution in [3.8, 4) is 28.3 Å². The zero-order chi connectivity index (χ0) is 29.9. The fraction of sp³-hybridized carbons (Fsp3) is 0.229. The number of methoxy groups -OCH3 is 1. The Morgan fingerprint density at radius 3 is 2.25 bits per heavy atom. The van der Waals surface area contributed by atoms with Gasteiger partial charge in [0.2, 0.25) is 0 Å². The normalized spacial score (nSPS) is 13.3. The summed E-state index contributed by atoms with van der Waals surface area (Å²) >= 11 is 6.08. The molecular weight excluding hydrogens is 599 g/mol. The highest BCUT2D eigenvalue weighted by atomic mass is 35.5. The third-order valence-electron chi connectivity index (χ3n) is 8.06. The Balaban J connectivity index is 0.00000384. The predicted molar refractivity (Wildman–Crippen MR) is 174 cm³/mol. The van der Waals surface area contributed by atoms with Crippen LogP contribution in [0.5, 0.6) is 5.75 Å². The molecule has 6 rings (SSSR count). The minimum atomic E-state index is -0.993. The maximum Gasteiger partial charge on any atom is 0.337 e. The molecule has 1 saturated carbocycles. The van der Waals surface area contributed by atoms with Crippen LogP contribution in [0, 0.1) is 0 Å². The molecule has 1 aliphatic rings.